The Balaban J connectivity index is 0.000000321. The number of hydrogen-bond donors (Lipinski definition) is 2. The third-order valence-electron chi connectivity index (χ3n) is 4.46. The molecule has 0 radical (unpaired) electrons. The smallest absolute Gasteiger partial charge is 0.328 e. The summed E-state index contributed by atoms with van der Waals surface area (Å²) < 4.78 is 19.8. The predicted octanol–water partition coefficient (Wildman–Crippen LogP) is 3.40. The molecule has 0 aliphatic carbocycles. The van der Waals surface area contributed by atoms with Crippen molar-refractivity contribution >= 4 is 11.9 Å². The van der Waals surface area contributed by atoms with Crippen LogP contribution in [0.3, 0.4) is 0 Å². The second kappa shape index (κ2) is 11.0. The zero-order valence-electron chi connectivity index (χ0n) is 16.1. The summed E-state index contributed by atoms with van der Waals surface area (Å²) in [5.41, 5.74) is 1.25. The van der Waals surface area contributed by atoms with Crippen LogP contribution in [0.1, 0.15) is 17.9 Å². The number of carboxylic acids is 2. The molecule has 2 aromatic rings. The second-order valence-electron chi connectivity index (χ2n) is 6.66. The number of halogens is 1. The fraction of sp³-hybridized carbons (Fsp3) is 0.273. The quantitative estimate of drug-likeness (QED) is 0.747. The molecule has 2 aromatic carbocycles. The normalized spacial score (nSPS) is 19.2. The molecule has 29 heavy (non-hydrogen) atoms. The van der Waals surface area contributed by atoms with Gasteiger partial charge in [-0.3, -0.25) is 0 Å². The van der Waals surface area contributed by atoms with Crippen molar-refractivity contribution in [2.45, 2.75) is 18.4 Å². The van der Waals surface area contributed by atoms with Gasteiger partial charge in [-0.05, 0) is 31.2 Å². The summed E-state index contributed by atoms with van der Waals surface area (Å²) in [6, 6.07) is 17.0. The van der Waals surface area contributed by atoms with Crippen molar-refractivity contribution in [3.63, 3.8) is 0 Å². The van der Waals surface area contributed by atoms with Gasteiger partial charge in [0.25, 0.3) is 0 Å². The molecular formula is C22H24FNO5. The molecule has 1 saturated heterocycles. The molecule has 1 aliphatic rings. The van der Waals surface area contributed by atoms with Crippen LogP contribution in [0, 0.1) is 5.82 Å². The number of piperidine rings is 1. The van der Waals surface area contributed by atoms with E-state index in [1.165, 1.54) is 11.6 Å². The minimum absolute atomic E-state index is 0.0144. The van der Waals surface area contributed by atoms with E-state index in [1.54, 1.807) is 12.1 Å². The highest BCUT2D eigenvalue weighted by molar-refractivity contribution is 5.89. The standard InChI is InChI=1S/C18H20FNO.C4H4O4/c1-20-12-11-17(21-18-10-6-5-9-16(18)19)15(13-20)14-7-3-2-4-8-14;5-3(6)1-2-4(7)8/h2-10,15,17H,11-13H2,1H3;1-2H,(H,5,6)(H,7,8)/b;2-1+/t15-,17+;/m0./s1. The van der Waals surface area contributed by atoms with Gasteiger partial charge >= 0.3 is 11.9 Å². The topological polar surface area (TPSA) is 87.1 Å². The first kappa shape index (κ1) is 22.1. The van der Waals surface area contributed by atoms with Crippen molar-refractivity contribution in [1.82, 2.24) is 4.90 Å². The van der Waals surface area contributed by atoms with Crippen molar-refractivity contribution in [3.8, 4) is 5.75 Å². The highest BCUT2D eigenvalue weighted by Crippen LogP contribution is 2.31. The lowest BCUT2D eigenvalue weighted by atomic mass is 9.88. The Morgan fingerprint density at radius 1 is 1.03 bits per heavy atom. The molecule has 0 aromatic heterocycles. The summed E-state index contributed by atoms with van der Waals surface area (Å²) in [7, 11) is 2.12. The molecule has 154 valence electrons. The molecular weight excluding hydrogens is 377 g/mol. The number of likely N-dealkylation sites (tertiary alicyclic amines) is 1. The molecule has 0 unspecified atom stereocenters. The summed E-state index contributed by atoms with van der Waals surface area (Å²) in [4.78, 5) is 21.4. The van der Waals surface area contributed by atoms with Crippen LogP contribution in [-0.4, -0.2) is 53.3 Å². The zero-order chi connectivity index (χ0) is 21.2. The van der Waals surface area contributed by atoms with E-state index in [1.807, 2.05) is 24.3 Å². The number of ether oxygens (including phenoxy) is 1. The molecule has 1 fully saturated rings. The number of hydrogen-bond acceptors (Lipinski definition) is 4. The first-order chi connectivity index (χ1) is 13.9. The third kappa shape index (κ3) is 7.38. The Labute approximate surface area is 168 Å². The van der Waals surface area contributed by atoms with Crippen molar-refractivity contribution in [2.75, 3.05) is 20.1 Å². The van der Waals surface area contributed by atoms with Crippen LogP contribution >= 0.6 is 0 Å². The number of nitrogens with zero attached hydrogens (tertiary/aromatic N) is 1. The Bertz CT molecular complexity index is 824. The van der Waals surface area contributed by atoms with Gasteiger partial charge in [-0.2, -0.15) is 0 Å². The van der Waals surface area contributed by atoms with Crippen molar-refractivity contribution in [2.24, 2.45) is 0 Å². The molecule has 3 rings (SSSR count). The summed E-state index contributed by atoms with van der Waals surface area (Å²) in [5.74, 6) is -2.18. The van der Waals surface area contributed by atoms with E-state index in [0.29, 0.717) is 17.9 Å². The SMILES string of the molecule is CN1CC[C@@H](Oc2ccccc2F)[C@H](c2ccccc2)C1.O=C(O)/C=C/C(=O)O. The molecule has 0 bridgehead atoms. The number of likely N-dealkylation sites (N-methyl/N-ethyl adjacent to an activating group) is 1. The predicted molar refractivity (Wildman–Crippen MR) is 107 cm³/mol. The molecule has 6 nitrogen and oxygen atoms in total. The maximum atomic E-state index is 13.8. The van der Waals surface area contributed by atoms with Gasteiger partial charge in [0, 0.05) is 31.2 Å². The zero-order valence-corrected chi connectivity index (χ0v) is 16.1. The molecule has 0 spiro atoms. The fourth-order valence-corrected chi connectivity index (χ4v) is 3.10. The molecule has 1 heterocycles. The van der Waals surface area contributed by atoms with Gasteiger partial charge in [0.05, 0.1) is 0 Å². The molecule has 7 heteroatoms. The molecule has 1 aliphatic heterocycles. The highest BCUT2D eigenvalue weighted by Gasteiger charge is 2.31. The lowest BCUT2D eigenvalue weighted by Crippen LogP contribution is -2.42. The minimum Gasteiger partial charge on any atom is -0.487 e. The summed E-state index contributed by atoms with van der Waals surface area (Å²) in [6.07, 6.45) is 2.04. The Morgan fingerprint density at radius 3 is 2.21 bits per heavy atom. The van der Waals surface area contributed by atoms with Gasteiger partial charge in [-0.15, -0.1) is 0 Å². The largest absolute Gasteiger partial charge is 0.487 e. The van der Waals surface area contributed by atoms with Crippen LogP contribution in [0.25, 0.3) is 0 Å². The van der Waals surface area contributed by atoms with E-state index in [0.717, 1.165) is 19.5 Å². The van der Waals surface area contributed by atoms with Gasteiger partial charge in [-0.25, -0.2) is 14.0 Å². The molecule has 0 saturated carbocycles. The van der Waals surface area contributed by atoms with E-state index in [9.17, 15) is 14.0 Å². The number of carbonyl (C=O) groups is 2. The van der Waals surface area contributed by atoms with Gasteiger partial charge in [0.15, 0.2) is 11.6 Å². The summed E-state index contributed by atoms with van der Waals surface area (Å²) in [5, 5.41) is 15.6. The molecule has 0 amide bonds. The maximum Gasteiger partial charge on any atom is 0.328 e. The third-order valence-corrected chi connectivity index (χ3v) is 4.46. The van der Waals surface area contributed by atoms with E-state index < -0.39 is 11.9 Å². The van der Waals surface area contributed by atoms with Gasteiger partial charge in [0.1, 0.15) is 6.10 Å². The number of benzene rings is 2. The molecule has 2 N–H and O–H groups in total. The number of carboxylic acid groups (broad SMARTS) is 2. The van der Waals surface area contributed by atoms with E-state index >= 15 is 0 Å². The molecule has 2 atom stereocenters. The summed E-state index contributed by atoms with van der Waals surface area (Å²) >= 11 is 0. The average molecular weight is 401 g/mol. The van der Waals surface area contributed by atoms with Crippen LogP contribution in [-0.2, 0) is 9.59 Å². The van der Waals surface area contributed by atoms with Crippen molar-refractivity contribution < 1.29 is 28.9 Å². The second-order valence-corrected chi connectivity index (χ2v) is 6.66. The Kier molecular flexibility index (Phi) is 8.36. The van der Waals surface area contributed by atoms with Gasteiger partial charge in [0.2, 0.25) is 0 Å². The highest BCUT2D eigenvalue weighted by atomic mass is 19.1. The first-order valence-corrected chi connectivity index (χ1v) is 9.15. The van der Waals surface area contributed by atoms with Crippen LogP contribution in [0.15, 0.2) is 66.7 Å². The number of para-hydroxylation sites is 1. The number of aliphatic carboxylic acids is 2. The van der Waals surface area contributed by atoms with Gasteiger partial charge < -0.3 is 19.8 Å². The Hall–Kier alpha value is -3.19. The maximum absolute atomic E-state index is 13.8. The van der Waals surface area contributed by atoms with Crippen molar-refractivity contribution in [1.29, 1.82) is 0 Å². The Morgan fingerprint density at radius 2 is 1.62 bits per heavy atom. The monoisotopic (exact) mass is 401 g/mol. The van der Waals surface area contributed by atoms with Crippen LogP contribution in [0.4, 0.5) is 4.39 Å². The van der Waals surface area contributed by atoms with Crippen LogP contribution < -0.4 is 4.74 Å². The van der Waals surface area contributed by atoms with E-state index in [4.69, 9.17) is 14.9 Å². The van der Waals surface area contributed by atoms with Crippen LogP contribution in [0.5, 0.6) is 5.75 Å². The summed E-state index contributed by atoms with van der Waals surface area (Å²) in [6.45, 7) is 1.91. The van der Waals surface area contributed by atoms with E-state index in [2.05, 4.69) is 24.1 Å². The van der Waals surface area contributed by atoms with Crippen LogP contribution in [0.2, 0.25) is 0 Å². The fourth-order valence-electron chi connectivity index (χ4n) is 3.10. The first-order valence-electron chi connectivity index (χ1n) is 9.15. The van der Waals surface area contributed by atoms with Crippen molar-refractivity contribution in [3.05, 3.63) is 78.1 Å². The lowest BCUT2D eigenvalue weighted by Gasteiger charge is -2.37. The lowest BCUT2D eigenvalue weighted by molar-refractivity contribution is -0.134. The van der Waals surface area contributed by atoms with Gasteiger partial charge in [-0.1, -0.05) is 42.5 Å². The average Bonchev–Trinajstić information content (AvgIpc) is 2.70. The van der Waals surface area contributed by atoms with E-state index in [-0.39, 0.29) is 17.8 Å². The number of rotatable bonds is 5. The minimum atomic E-state index is -1.26.